The maximum atomic E-state index is 12.6. The van der Waals surface area contributed by atoms with E-state index in [1.807, 2.05) is 54.3 Å². The van der Waals surface area contributed by atoms with Crippen LogP contribution in [-0.4, -0.2) is 47.9 Å². The monoisotopic (exact) mass is 433 g/mol. The molecule has 1 saturated heterocycles. The van der Waals surface area contributed by atoms with Crippen LogP contribution in [0.4, 0.5) is 5.69 Å². The molecule has 0 spiro atoms. The number of aryl methyl sites for hydroxylation is 1. The van der Waals surface area contributed by atoms with Crippen LogP contribution in [0, 0.1) is 12.8 Å². The molecule has 3 rings (SSSR count). The van der Waals surface area contributed by atoms with Gasteiger partial charge in [-0.15, -0.1) is 24.2 Å². The van der Waals surface area contributed by atoms with E-state index < -0.39 is 0 Å². The fourth-order valence-electron chi connectivity index (χ4n) is 3.55. The number of hydrogen-bond donors (Lipinski definition) is 2. The summed E-state index contributed by atoms with van der Waals surface area (Å²) in [6.45, 7) is 3.95. The summed E-state index contributed by atoms with van der Waals surface area (Å²) in [7, 11) is 0. The molecule has 2 atom stereocenters. The Hall–Kier alpha value is -2.02. The molecular weight excluding hydrogens is 406 g/mol. The van der Waals surface area contributed by atoms with E-state index in [2.05, 4.69) is 17.4 Å². The van der Waals surface area contributed by atoms with E-state index in [1.165, 1.54) is 17.3 Å². The van der Waals surface area contributed by atoms with Crippen LogP contribution in [0.3, 0.4) is 0 Å². The number of nitrogens with one attached hydrogen (secondary N) is 1. The Morgan fingerprint density at radius 3 is 2.41 bits per heavy atom. The van der Waals surface area contributed by atoms with Gasteiger partial charge in [-0.1, -0.05) is 48.0 Å². The molecule has 0 radical (unpaired) electrons. The molecule has 1 heterocycles. The number of halogens is 1. The highest BCUT2D eigenvalue weighted by atomic mass is 35.5. The number of benzene rings is 2. The number of nitrogens with zero attached hydrogens (tertiary/aromatic N) is 1. The zero-order chi connectivity index (χ0) is 19.9. The Morgan fingerprint density at radius 1 is 1.07 bits per heavy atom. The van der Waals surface area contributed by atoms with E-state index in [1.54, 1.807) is 0 Å². The fraction of sp³-hybridized carbons (Fsp3) is 0.364. The number of thioether (sulfide) groups is 1. The van der Waals surface area contributed by atoms with Crippen LogP contribution in [0.1, 0.15) is 17.0 Å². The number of likely N-dealkylation sites (tertiary alicyclic amines) is 1. The van der Waals surface area contributed by atoms with E-state index in [0.717, 1.165) is 11.3 Å². The summed E-state index contributed by atoms with van der Waals surface area (Å²) in [6, 6.07) is 17.9. The average Bonchev–Trinajstić information content (AvgIpc) is 3.15. The first-order valence-electron chi connectivity index (χ1n) is 9.54. The van der Waals surface area contributed by atoms with Crippen LogP contribution in [-0.2, 0) is 9.59 Å². The maximum absolute atomic E-state index is 12.6. The van der Waals surface area contributed by atoms with Crippen LogP contribution < -0.4 is 11.1 Å². The summed E-state index contributed by atoms with van der Waals surface area (Å²) in [4.78, 5) is 26.5. The van der Waals surface area contributed by atoms with Gasteiger partial charge < -0.3 is 16.0 Å². The molecule has 0 aliphatic carbocycles. The first kappa shape index (κ1) is 23.3. The van der Waals surface area contributed by atoms with Gasteiger partial charge in [0.15, 0.2) is 0 Å². The summed E-state index contributed by atoms with van der Waals surface area (Å²) in [5, 5.41) is 2.86. The summed E-state index contributed by atoms with van der Waals surface area (Å²) in [5.74, 6) is 1.11. The molecule has 0 saturated carbocycles. The number of anilines is 1. The number of hydrogen-bond acceptors (Lipinski definition) is 4. The van der Waals surface area contributed by atoms with Gasteiger partial charge in [-0.2, -0.15) is 0 Å². The number of carbonyl (C=O) groups is 2. The van der Waals surface area contributed by atoms with Crippen molar-refractivity contribution in [3.8, 4) is 0 Å². The highest BCUT2D eigenvalue weighted by molar-refractivity contribution is 8.00. The molecule has 1 aliphatic rings. The van der Waals surface area contributed by atoms with Crippen LogP contribution in [0.2, 0.25) is 0 Å². The van der Waals surface area contributed by atoms with Crippen molar-refractivity contribution in [2.45, 2.75) is 12.8 Å². The number of rotatable bonds is 7. The maximum Gasteiger partial charge on any atom is 0.234 e. The molecular formula is C22H28ClN3O2S. The third-order valence-corrected chi connectivity index (χ3v) is 6.04. The molecule has 0 unspecified atom stereocenters. The highest BCUT2D eigenvalue weighted by Gasteiger charge is 2.34. The Kier molecular flexibility index (Phi) is 9.01. The molecule has 2 amide bonds. The van der Waals surface area contributed by atoms with Crippen molar-refractivity contribution in [2.75, 3.05) is 36.5 Å². The molecule has 0 bridgehead atoms. The largest absolute Gasteiger partial charge is 0.341 e. The molecule has 2 aromatic carbocycles. The highest BCUT2D eigenvalue weighted by Crippen LogP contribution is 2.32. The molecule has 2 aromatic rings. The van der Waals surface area contributed by atoms with E-state index in [4.69, 9.17) is 5.73 Å². The van der Waals surface area contributed by atoms with E-state index in [0.29, 0.717) is 25.4 Å². The Bertz CT molecular complexity index is 801. The lowest BCUT2D eigenvalue weighted by Crippen LogP contribution is -2.31. The van der Waals surface area contributed by atoms with Crippen molar-refractivity contribution < 1.29 is 9.59 Å². The molecule has 5 nitrogen and oxygen atoms in total. The molecule has 29 heavy (non-hydrogen) atoms. The zero-order valence-corrected chi connectivity index (χ0v) is 18.2. The molecule has 7 heteroatoms. The van der Waals surface area contributed by atoms with Crippen molar-refractivity contribution in [3.05, 3.63) is 65.7 Å². The van der Waals surface area contributed by atoms with Gasteiger partial charge in [0.25, 0.3) is 0 Å². The molecule has 156 valence electrons. The summed E-state index contributed by atoms with van der Waals surface area (Å²) in [6.07, 6.45) is 0. The van der Waals surface area contributed by atoms with Crippen molar-refractivity contribution in [1.82, 2.24) is 4.90 Å². The molecule has 3 N–H and O–H groups in total. The molecule has 0 aromatic heterocycles. The van der Waals surface area contributed by atoms with Gasteiger partial charge in [-0.25, -0.2) is 0 Å². The van der Waals surface area contributed by atoms with Gasteiger partial charge in [-0.3, -0.25) is 9.59 Å². The number of nitrogens with two attached hydrogens (primary N) is 1. The minimum absolute atomic E-state index is 0. The number of carbonyl (C=O) groups excluding carboxylic acids is 2. The second kappa shape index (κ2) is 11.2. The van der Waals surface area contributed by atoms with Gasteiger partial charge in [0.2, 0.25) is 11.8 Å². The Balaban J connectivity index is 0.00000300. The van der Waals surface area contributed by atoms with Gasteiger partial charge in [0.05, 0.1) is 11.5 Å². The zero-order valence-electron chi connectivity index (χ0n) is 16.5. The Morgan fingerprint density at radius 2 is 1.76 bits per heavy atom. The lowest BCUT2D eigenvalue weighted by molar-refractivity contribution is -0.127. The second-order valence-corrected chi connectivity index (χ2v) is 8.20. The van der Waals surface area contributed by atoms with Crippen LogP contribution in [0.25, 0.3) is 0 Å². The van der Waals surface area contributed by atoms with E-state index >= 15 is 0 Å². The van der Waals surface area contributed by atoms with Gasteiger partial charge in [0.1, 0.15) is 0 Å². The smallest absolute Gasteiger partial charge is 0.234 e. The van der Waals surface area contributed by atoms with E-state index in [-0.39, 0.29) is 41.8 Å². The minimum Gasteiger partial charge on any atom is -0.341 e. The SMILES string of the molecule is Cc1ccc(NC(=O)CSCC(=O)N2C[C@@H](CN)[C@H](c3ccccc3)C2)cc1.Cl. The van der Waals surface area contributed by atoms with Crippen LogP contribution in [0.5, 0.6) is 0 Å². The quantitative estimate of drug-likeness (QED) is 0.702. The minimum atomic E-state index is -0.0925. The van der Waals surface area contributed by atoms with Crippen LogP contribution >= 0.6 is 24.2 Å². The third-order valence-electron chi connectivity index (χ3n) is 5.12. The lowest BCUT2D eigenvalue weighted by atomic mass is 9.89. The first-order chi connectivity index (χ1) is 13.6. The first-order valence-corrected chi connectivity index (χ1v) is 10.7. The summed E-state index contributed by atoms with van der Waals surface area (Å²) in [5.41, 5.74) is 9.11. The average molecular weight is 434 g/mol. The van der Waals surface area contributed by atoms with Gasteiger partial charge >= 0.3 is 0 Å². The van der Waals surface area contributed by atoms with E-state index in [9.17, 15) is 9.59 Å². The predicted octanol–water partition coefficient (Wildman–Crippen LogP) is 3.29. The van der Waals surface area contributed by atoms with Crippen molar-refractivity contribution in [2.24, 2.45) is 11.7 Å². The standard InChI is InChI=1S/C22H27N3O2S.ClH/c1-16-7-9-19(10-8-16)24-21(26)14-28-15-22(27)25-12-18(11-23)20(13-25)17-5-3-2-4-6-17;/h2-10,18,20H,11-15,23H2,1H3,(H,24,26);1H/t18-,20+;/m1./s1. The topological polar surface area (TPSA) is 75.4 Å². The van der Waals surface area contributed by atoms with Crippen molar-refractivity contribution in [3.63, 3.8) is 0 Å². The Labute approximate surface area is 182 Å². The van der Waals surface area contributed by atoms with Crippen molar-refractivity contribution in [1.29, 1.82) is 0 Å². The number of amides is 2. The van der Waals surface area contributed by atoms with Crippen molar-refractivity contribution >= 4 is 41.7 Å². The summed E-state index contributed by atoms with van der Waals surface area (Å²) < 4.78 is 0. The van der Waals surface area contributed by atoms with Gasteiger partial charge in [0, 0.05) is 24.7 Å². The second-order valence-electron chi connectivity index (χ2n) is 7.22. The fourth-order valence-corrected chi connectivity index (χ4v) is 4.26. The lowest BCUT2D eigenvalue weighted by Gasteiger charge is -2.16. The normalized spacial score (nSPS) is 18.2. The predicted molar refractivity (Wildman–Crippen MR) is 123 cm³/mol. The molecule has 1 aliphatic heterocycles. The third kappa shape index (κ3) is 6.49. The summed E-state index contributed by atoms with van der Waals surface area (Å²) >= 11 is 1.35. The van der Waals surface area contributed by atoms with Crippen LogP contribution in [0.15, 0.2) is 54.6 Å². The molecule has 1 fully saturated rings. The van der Waals surface area contributed by atoms with Gasteiger partial charge in [-0.05, 0) is 37.1 Å².